The summed E-state index contributed by atoms with van der Waals surface area (Å²) in [4.78, 5) is 11.0. The maximum absolute atomic E-state index is 4.77. The third kappa shape index (κ3) is 1.84. The van der Waals surface area contributed by atoms with Crippen molar-refractivity contribution in [3.05, 3.63) is 54.2 Å². The van der Waals surface area contributed by atoms with Gasteiger partial charge in [0.25, 0.3) is 0 Å². The van der Waals surface area contributed by atoms with Crippen LogP contribution in [-0.2, 0) is 6.42 Å². The standard InChI is InChI=1S/C18H18N8/c1-18(6-7-18)8-13-9-21-22-26(13)24-12-20-17-14-4-2-3-5-15(14)23-11-19-10-16(23)25(17)24/h2-5,9-12,17H,6-8H2,1H3. The van der Waals surface area contributed by atoms with Gasteiger partial charge in [0, 0.05) is 5.56 Å². The SMILES string of the molecule is CC1(Cc2cnnn2N2C=NC3c4ccccc4-n4cncc4N32)CC1. The van der Waals surface area contributed by atoms with Crippen molar-refractivity contribution in [1.82, 2.24) is 24.7 Å². The topological polar surface area (TPSA) is 67.4 Å². The number of nitrogens with zero attached hydrogens (tertiary/aromatic N) is 8. The first-order valence-electron chi connectivity index (χ1n) is 8.87. The second kappa shape index (κ2) is 4.72. The Labute approximate surface area is 150 Å². The Kier molecular flexibility index (Phi) is 2.55. The van der Waals surface area contributed by atoms with Gasteiger partial charge in [0.05, 0.1) is 23.8 Å². The van der Waals surface area contributed by atoms with Crippen molar-refractivity contribution in [1.29, 1.82) is 0 Å². The Balaban J connectivity index is 1.46. The molecule has 8 nitrogen and oxygen atoms in total. The van der Waals surface area contributed by atoms with E-state index in [2.05, 4.69) is 43.9 Å². The monoisotopic (exact) mass is 346 g/mol. The molecule has 0 radical (unpaired) electrons. The highest BCUT2D eigenvalue weighted by atomic mass is 15.9. The zero-order chi connectivity index (χ0) is 17.3. The van der Waals surface area contributed by atoms with Gasteiger partial charge < -0.3 is 0 Å². The minimum absolute atomic E-state index is 0.121. The van der Waals surface area contributed by atoms with Crippen molar-refractivity contribution >= 4 is 12.2 Å². The van der Waals surface area contributed by atoms with E-state index in [1.165, 1.54) is 12.8 Å². The Morgan fingerprint density at radius 1 is 1.19 bits per heavy atom. The van der Waals surface area contributed by atoms with Gasteiger partial charge in [-0.25, -0.2) is 15.0 Å². The minimum Gasteiger partial charge on any atom is -0.284 e. The highest BCUT2D eigenvalue weighted by molar-refractivity contribution is 5.78. The number of imidazole rings is 1. The maximum Gasteiger partial charge on any atom is 0.173 e. The molecule has 0 bridgehead atoms. The fourth-order valence-electron chi connectivity index (χ4n) is 3.87. The van der Waals surface area contributed by atoms with Gasteiger partial charge in [-0.1, -0.05) is 25.1 Å². The van der Waals surface area contributed by atoms with E-state index < -0.39 is 0 Å². The average molecular weight is 346 g/mol. The van der Waals surface area contributed by atoms with Crippen LogP contribution in [0.25, 0.3) is 5.69 Å². The molecule has 3 aromatic rings. The summed E-state index contributed by atoms with van der Waals surface area (Å²) >= 11 is 0. The zero-order valence-corrected chi connectivity index (χ0v) is 14.4. The second-order valence-corrected chi connectivity index (χ2v) is 7.59. The number of para-hydroxylation sites is 1. The number of benzene rings is 1. The van der Waals surface area contributed by atoms with Crippen molar-refractivity contribution in [3.63, 3.8) is 0 Å². The molecule has 1 aromatic carbocycles. The van der Waals surface area contributed by atoms with E-state index >= 15 is 0 Å². The van der Waals surface area contributed by atoms with E-state index in [0.717, 1.165) is 29.2 Å². The number of fused-ring (bicyclic) bond motifs is 6. The fourth-order valence-corrected chi connectivity index (χ4v) is 3.87. The van der Waals surface area contributed by atoms with Crippen LogP contribution in [0.2, 0.25) is 0 Å². The van der Waals surface area contributed by atoms with Gasteiger partial charge in [-0.15, -0.1) is 9.89 Å². The van der Waals surface area contributed by atoms with Crippen LogP contribution < -0.4 is 10.1 Å². The van der Waals surface area contributed by atoms with Crippen molar-refractivity contribution in [2.45, 2.75) is 32.4 Å². The maximum atomic E-state index is 4.77. The Morgan fingerprint density at radius 2 is 2.08 bits per heavy atom. The quantitative estimate of drug-likeness (QED) is 0.727. The molecule has 0 saturated heterocycles. The molecule has 0 N–H and O–H groups in total. The largest absolute Gasteiger partial charge is 0.284 e. The normalized spacial score (nSPS) is 21.5. The van der Waals surface area contributed by atoms with Crippen molar-refractivity contribution in [2.75, 3.05) is 10.1 Å². The lowest BCUT2D eigenvalue weighted by molar-refractivity contribution is 0.491. The van der Waals surface area contributed by atoms with Crippen LogP contribution in [0.3, 0.4) is 0 Å². The smallest absolute Gasteiger partial charge is 0.173 e. The molecule has 1 aliphatic carbocycles. The molecule has 8 heteroatoms. The third-order valence-electron chi connectivity index (χ3n) is 5.60. The summed E-state index contributed by atoms with van der Waals surface area (Å²) in [5.74, 6) is 0.963. The van der Waals surface area contributed by atoms with Gasteiger partial charge >= 0.3 is 0 Å². The third-order valence-corrected chi connectivity index (χ3v) is 5.60. The first kappa shape index (κ1) is 14.1. The van der Waals surface area contributed by atoms with Gasteiger partial charge in [-0.2, -0.15) is 5.12 Å². The summed E-state index contributed by atoms with van der Waals surface area (Å²) in [5, 5.41) is 12.6. The fraction of sp³-hybridized carbons (Fsp3) is 0.333. The lowest BCUT2D eigenvalue weighted by Crippen LogP contribution is -2.50. The highest BCUT2D eigenvalue weighted by Crippen LogP contribution is 2.48. The first-order valence-corrected chi connectivity index (χ1v) is 8.87. The summed E-state index contributed by atoms with van der Waals surface area (Å²) in [5.41, 5.74) is 3.74. The van der Waals surface area contributed by atoms with Crippen molar-refractivity contribution in [3.8, 4) is 5.69 Å². The van der Waals surface area contributed by atoms with E-state index in [9.17, 15) is 0 Å². The Morgan fingerprint density at radius 3 is 2.96 bits per heavy atom. The number of aromatic nitrogens is 5. The number of rotatable bonds is 3. The number of hydrazine groups is 1. The molecule has 6 rings (SSSR count). The van der Waals surface area contributed by atoms with Crippen LogP contribution >= 0.6 is 0 Å². The molecule has 0 spiro atoms. The lowest BCUT2D eigenvalue weighted by atomic mass is 10.0. The lowest BCUT2D eigenvalue weighted by Gasteiger charge is -2.37. The molecule has 2 aliphatic heterocycles. The van der Waals surface area contributed by atoms with Crippen molar-refractivity contribution in [2.24, 2.45) is 10.4 Å². The summed E-state index contributed by atoms with van der Waals surface area (Å²) in [6.07, 6.45) is 10.8. The Bertz CT molecular complexity index is 1030. The van der Waals surface area contributed by atoms with Crippen LogP contribution in [-0.4, -0.2) is 31.0 Å². The van der Waals surface area contributed by atoms with E-state index in [1.807, 2.05) is 47.1 Å². The number of hydrogen-bond donors (Lipinski definition) is 0. The van der Waals surface area contributed by atoms with Crippen LogP contribution in [0.15, 0.2) is 48.0 Å². The van der Waals surface area contributed by atoms with Crippen molar-refractivity contribution < 1.29 is 0 Å². The van der Waals surface area contributed by atoms with Gasteiger partial charge in [-0.05, 0) is 36.0 Å². The van der Waals surface area contributed by atoms with Crippen LogP contribution in [0.1, 0.15) is 37.2 Å². The first-order chi connectivity index (χ1) is 12.7. The average Bonchev–Trinajstić information content (AvgIpc) is 3.10. The second-order valence-electron chi connectivity index (χ2n) is 7.59. The summed E-state index contributed by atoms with van der Waals surface area (Å²) < 4.78 is 2.09. The predicted molar refractivity (Wildman–Crippen MR) is 96.6 cm³/mol. The summed E-state index contributed by atoms with van der Waals surface area (Å²) in [6, 6.07) is 8.31. The molecule has 26 heavy (non-hydrogen) atoms. The summed E-state index contributed by atoms with van der Waals surface area (Å²) in [6.45, 7) is 2.32. The molecule has 3 aliphatic rings. The molecule has 4 heterocycles. The van der Waals surface area contributed by atoms with Crippen LogP contribution in [0.4, 0.5) is 5.82 Å². The number of aliphatic imine (C=N–C) groups is 1. The zero-order valence-electron chi connectivity index (χ0n) is 14.4. The van der Waals surface area contributed by atoms with Gasteiger partial charge in [0.2, 0.25) is 0 Å². The Hall–Kier alpha value is -3.16. The van der Waals surface area contributed by atoms with Gasteiger partial charge in [0.1, 0.15) is 12.7 Å². The number of hydrogen-bond acceptors (Lipinski definition) is 6. The van der Waals surface area contributed by atoms with E-state index in [-0.39, 0.29) is 6.17 Å². The van der Waals surface area contributed by atoms with E-state index in [0.29, 0.717) is 5.41 Å². The molecule has 1 fully saturated rings. The van der Waals surface area contributed by atoms with E-state index in [1.54, 1.807) is 0 Å². The molecule has 1 saturated carbocycles. The van der Waals surface area contributed by atoms with Gasteiger partial charge in [-0.3, -0.25) is 4.57 Å². The van der Waals surface area contributed by atoms with E-state index in [4.69, 9.17) is 4.99 Å². The highest BCUT2D eigenvalue weighted by Gasteiger charge is 2.42. The van der Waals surface area contributed by atoms with Crippen LogP contribution in [0.5, 0.6) is 0 Å². The number of anilines is 1. The van der Waals surface area contributed by atoms with Crippen LogP contribution in [0, 0.1) is 5.41 Å². The molecular weight excluding hydrogens is 328 g/mol. The molecule has 1 atom stereocenters. The summed E-state index contributed by atoms with van der Waals surface area (Å²) in [7, 11) is 0. The molecule has 2 aromatic heterocycles. The van der Waals surface area contributed by atoms with Gasteiger partial charge in [0.15, 0.2) is 12.0 Å². The molecule has 0 amide bonds. The minimum atomic E-state index is -0.121. The molecule has 1 unspecified atom stereocenters. The molecular formula is C18H18N8. The molecule has 130 valence electrons. The predicted octanol–water partition coefficient (Wildman–Crippen LogP) is 2.22.